The molecular formula is C42H55NO15. The topological polar surface area (TPSA) is 231 Å². The number of carbonyl (C=O) groups is 6. The number of aliphatic hydroxyl groups excluding tert-OH is 2. The number of alkyl carbamates (subject to hydrolysis) is 1. The number of ketones is 1. The quantitative estimate of drug-likeness (QED) is 0.143. The molecule has 58 heavy (non-hydrogen) atoms. The molecule has 5 rings (SSSR count). The van der Waals surface area contributed by atoms with E-state index in [-0.39, 0.29) is 36.3 Å². The lowest BCUT2D eigenvalue weighted by Crippen LogP contribution is -2.82. The maximum Gasteiger partial charge on any atom is 0.407 e. The molecule has 4 N–H and O–H groups in total. The number of rotatable bonds is 11. The van der Waals surface area contributed by atoms with E-state index in [9.17, 15) is 39.3 Å². The third kappa shape index (κ3) is 7.55. The molecule has 1 saturated heterocycles. The molecule has 1 aliphatic heterocycles. The molecule has 3 fully saturated rings. The summed E-state index contributed by atoms with van der Waals surface area (Å²) in [6, 6.07) is 6.62. The second kappa shape index (κ2) is 16.5. The van der Waals surface area contributed by atoms with Crippen molar-refractivity contribution in [3.05, 3.63) is 59.2 Å². The van der Waals surface area contributed by atoms with Crippen LogP contribution in [0.5, 0.6) is 0 Å². The van der Waals surface area contributed by atoms with Crippen molar-refractivity contribution in [1.82, 2.24) is 5.32 Å². The predicted octanol–water partition coefficient (Wildman–Crippen LogP) is 2.89. The fourth-order valence-electron chi connectivity index (χ4n) is 9.38. The summed E-state index contributed by atoms with van der Waals surface area (Å²) in [4.78, 5) is 81.8. The van der Waals surface area contributed by atoms with Gasteiger partial charge in [0.15, 0.2) is 23.6 Å². The minimum absolute atomic E-state index is 0.000912. The third-order valence-corrected chi connectivity index (χ3v) is 12.6. The van der Waals surface area contributed by atoms with Crippen molar-refractivity contribution in [2.24, 2.45) is 22.7 Å². The minimum atomic E-state index is -2.37. The van der Waals surface area contributed by atoms with Crippen molar-refractivity contribution in [2.75, 3.05) is 13.2 Å². The Bertz CT molecular complexity index is 1860. The van der Waals surface area contributed by atoms with Crippen LogP contribution < -0.4 is 5.32 Å². The molecule has 318 valence electrons. The molecule has 4 aliphatic rings. The lowest BCUT2D eigenvalue weighted by atomic mass is 9.44. The van der Waals surface area contributed by atoms with Gasteiger partial charge in [0.2, 0.25) is 0 Å². The monoisotopic (exact) mass is 813 g/mol. The average Bonchev–Trinajstić information content (AvgIpc) is 3.14. The van der Waals surface area contributed by atoms with Crippen LogP contribution in [0.25, 0.3) is 0 Å². The molecule has 1 heterocycles. The summed E-state index contributed by atoms with van der Waals surface area (Å²) in [5.41, 5.74) is -7.57. The van der Waals surface area contributed by atoms with E-state index in [1.54, 1.807) is 65.0 Å². The first kappa shape index (κ1) is 44.5. The van der Waals surface area contributed by atoms with Gasteiger partial charge in [0, 0.05) is 32.1 Å². The van der Waals surface area contributed by atoms with Gasteiger partial charge < -0.3 is 49.1 Å². The zero-order valence-electron chi connectivity index (χ0n) is 34.3. The maximum atomic E-state index is 15.4. The number of allylic oxidation sites excluding steroid dienone is 1. The van der Waals surface area contributed by atoms with Gasteiger partial charge in [-0.1, -0.05) is 58.0 Å². The Morgan fingerprint density at radius 1 is 1.02 bits per heavy atom. The second-order valence-electron chi connectivity index (χ2n) is 16.7. The molecule has 2 bridgehead atoms. The highest BCUT2D eigenvalue weighted by Gasteiger charge is 2.78. The molecule has 0 aromatic heterocycles. The first-order valence-corrected chi connectivity index (χ1v) is 19.4. The Labute approximate surface area is 337 Å². The van der Waals surface area contributed by atoms with Crippen LogP contribution in [0.4, 0.5) is 4.79 Å². The summed E-state index contributed by atoms with van der Waals surface area (Å²) in [7, 11) is 0. The molecule has 16 nitrogen and oxygen atoms in total. The maximum absolute atomic E-state index is 15.4. The number of aliphatic hydroxyl groups is 3. The first-order valence-electron chi connectivity index (χ1n) is 19.4. The van der Waals surface area contributed by atoms with Crippen LogP contribution >= 0.6 is 0 Å². The number of ether oxygens (including phenoxy) is 6. The first-order chi connectivity index (χ1) is 27.1. The van der Waals surface area contributed by atoms with Crippen LogP contribution in [0.1, 0.15) is 85.5 Å². The molecule has 1 aromatic carbocycles. The Kier molecular flexibility index (Phi) is 12.7. The number of esters is 4. The largest absolute Gasteiger partial charge is 0.456 e. The van der Waals surface area contributed by atoms with Gasteiger partial charge in [-0.05, 0) is 50.0 Å². The summed E-state index contributed by atoms with van der Waals surface area (Å²) in [5.74, 6) is -6.73. The molecule has 1 unspecified atom stereocenters. The number of amides is 1. The van der Waals surface area contributed by atoms with Gasteiger partial charge in [0.1, 0.15) is 30.5 Å². The van der Waals surface area contributed by atoms with Crippen LogP contribution in [0.3, 0.4) is 0 Å². The third-order valence-electron chi connectivity index (χ3n) is 12.6. The summed E-state index contributed by atoms with van der Waals surface area (Å²) in [6.07, 6.45) is -7.99. The minimum Gasteiger partial charge on any atom is -0.456 e. The van der Waals surface area contributed by atoms with Gasteiger partial charge in [-0.25, -0.2) is 14.4 Å². The van der Waals surface area contributed by atoms with Gasteiger partial charge in [0.05, 0.1) is 35.6 Å². The van der Waals surface area contributed by atoms with Crippen molar-refractivity contribution in [2.45, 2.75) is 129 Å². The average molecular weight is 814 g/mol. The SMILES string of the molecule is C/C=C/COC(=O)N[C@@H](C(C)C)[C@@H](O)C(=O)OC1C[C@@]2(O)[C@@H](OC(=O)c3ccccc3)[C@@H]3[C@]4(OC(C)=O)CO[C@@H]4C[C@H](O)[C@@]3(C)C(=O)[C@H](OC(C)=O)C(=C1C)C2(C)C. The molecule has 16 heteroatoms. The zero-order chi connectivity index (χ0) is 43.1. The number of hydrogen-bond donors (Lipinski definition) is 4. The van der Waals surface area contributed by atoms with Crippen molar-refractivity contribution >= 4 is 35.8 Å². The van der Waals surface area contributed by atoms with E-state index in [1.807, 2.05) is 0 Å². The predicted molar refractivity (Wildman–Crippen MR) is 203 cm³/mol. The lowest BCUT2D eigenvalue weighted by Gasteiger charge is -2.67. The van der Waals surface area contributed by atoms with Gasteiger partial charge in [0.25, 0.3) is 0 Å². The smallest absolute Gasteiger partial charge is 0.407 e. The van der Waals surface area contributed by atoms with E-state index in [0.29, 0.717) is 0 Å². The van der Waals surface area contributed by atoms with Gasteiger partial charge in [-0.15, -0.1) is 0 Å². The Morgan fingerprint density at radius 3 is 2.22 bits per heavy atom. The van der Waals surface area contributed by atoms with Crippen LogP contribution in [0.2, 0.25) is 0 Å². The molecule has 0 spiro atoms. The number of benzene rings is 1. The fourth-order valence-corrected chi connectivity index (χ4v) is 9.38. The van der Waals surface area contributed by atoms with E-state index in [1.165, 1.54) is 26.0 Å². The van der Waals surface area contributed by atoms with Crippen molar-refractivity contribution in [3.63, 3.8) is 0 Å². The van der Waals surface area contributed by atoms with E-state index >= 15 is 4.79 Å². The van der Waals surface area contributed by atoms with Gasteiger partial charge in [-0.2, -0.15) is 0 Å². The Balaban J connectivity index is 1.71. The fraction of sp³-hybridized carbons (Fsp3) is 0.619. The summed E-state index contributed by atoms with van der Waals surface area (Å²) in [6.45, 7) is 12.9. The van der Waals surface area contributed by atoms with Crippen LogP contribution in [0, 0.1) is 22.7 Å². The molecule has 2 saturated carbocycles. The highest BCUT2D eigenvalue weighted by molar-refractivity contribution is 5.95. The van der Waals surface area contributed by atoms with E-state index in [0.717, 1.165) is 13.8 Å². The van der Waals surface area contributed by atoms with Gasteiger partial charge in [-0.3, -0.25) is 14.4 Å². The number of hydrogen-bond acceptors (Lipinski definition) is 15. The summed E-state index contributed by atoms with van der Waals surface area (Å²) >= 11 is 0. The van der Waals surface area contributed by atoms with Crippen molar-refractivity contribution in [1.29, 1.82) is 0 Å². The number of fused-ring (bicyclic) bond motifs is 5. The number of nitrogens with one attached hydrogen (secondary N) is 1. The van der Waals surface area contributed by atoms with Crippen LogP contribution in [-0.2, 0) is 47.6 Å². The Hall–Kier alpha value is -4.64. The number of Topliss-reactive ketones (excluding diaryl/α,β-unsaturated/α-hetero) is 1. The van der Waals surface area contributed by atoms with Crippen LogP contribution in [-0.4, -0.2) is 118 Å². The highest BCUT2D eigenvalue weighted by Crippen LogP contribution is 2.64. The molecule has 11 atom stereocenters. The Morgan fingerprint density at radius 2 is 1.67 bits per heavy atom. The standard InChI is InChI=1S/C42H55NO15/c1-10-11-17-53-38(51)43-30(21(2)3)31(47)37(50)56-26-19-42(52)35(57-36(49)25-15-13-12-14-16-25)33-40(9,27(46)18-28-41(33,20-54-28)58-24(6)45)34(48)32(55-23(5)44)29(22(26)4)39(42,7)8/h10-16,21,26-28,30-33,35,46-47,52H,17-20H2,1-9H3,(H,43,51)/b11-10+/t26?,27-,28+,30-,31+,32+,33-,35-,40+,41-,42+/m0/s1. The van der Waals surface area contributed by atoms with E-state index in [2.05, 4.69) is 5.32 Å². The molecular weight excluding hydrogens is 758 g/mol. The molecule has 3 aliphatic carbocycles. The molecule has 0 radical (unpaired) electrons. The second-order valence-corrected chi connectivity index (χ2v) is 16.7. The van der Waals surface area contributed by atoms with Crippen molar-refractivity contribution < 1.29 is 72.5 Å². The van der Waals surface area contributed by atoms with Crippen molar-refractivity contribution in [3.8, 4) is 0 Å². The molecule has 1 aromatic rings. The van der Waals surface area contributed by atoms with Gasteiger partial charge >= 0.3 is 30.0 Å². The van der Waals surface area contributed by atoms with Crippen LogP contribution in [0.15, 0.2) is 53.6 Å². The molecule has 1 amide bonds. The van der Waals surface area contributed by atoms with E-state index in [4.69, 9.17) is 28.4 Å². The number of carbonyl (C=O) groups excluding carboxylic acids is 6. The lowest BCUT2D eigenvalue weighted by molar-refractivity contribution is -0.346. The summed E-state index contributed by atoms with van der Waals surface area (Å²) in [5, 5.41) is 39.4. The normalized spacial score (nSPS) is 33.6. The van der Waals surface area contributed by atoms with E-state index < -0.39 is 119 Å². The highest BCUT2D eigenvalue weighted by atomic mass is 16.6. The summed E-state index contributed by atoms with van der Waals surface area (Å²) < 4.78 is 35.1. The zero-order valence-corrected chi connectivity index (χ0v) is 34.3.